The first-order chi connectivity index (χ1) is 11.7. The van der Waals surface area contributed by atoms with Crippen molar-refractivity contribution in [1.29, 1.82) is 0 Å². The van der Waals surface area contributed by atoms with Crippen molar-refractivity contribution >= 4 is 28.0 Å². The molecule has 7 heteroatoms. The van der Waals surface area contributed by atoms with E-state index in [0.29, 0.717) is 11.3 Å². The summed E-state index contributed by atoms with van der Waals surface area (Å²) in [6.45, 7) is 9.35. The number of rotatable bonds is 4. The average molecular weight is 327 g/mol. The Bertz CT molecular complexity index is 870. The molecule has 3 aromatic heterocycles. The summed E-state index contributed by atoms with van der Waals surface area (Å²) in [4.78, 5) is 15.6. The molecule has 0 unspecified atom stereocenters. The zero-order valence-corrected chi connectivity index (χ0v) is 14.0. The van der Waals surface area contributed by atoms with Crippen LogP contribution in [-0.2, 0) is 4.74 Å². The van der Waals surface area contributed by atoms with Crippen LogP contribution in [0, 0.1) is 13.8 Å². The maximum atomic E-state index is 5.96. The Morgan fingerprint density at radius 1 is 1.21 bits per heavy atom. The number of furan rings is 1. The van der Waals surface area contributed by atoms with Crippen LogP contribution in [0.25, 0.3) is 22.2 Å². The number of pyridine rings is 1. The predicted molar refractivity (Wildman–Crippen MR) is 92.3 cm³/mol. The minimum Gasteiger partial charge on any atom is -0.432 e. The molecule has 0 aromatic carbocycles. The fourth-order valence-electron chi connectivity index (χ4n) is 3.19. The highest BCUT2D eigenvalue weighted by molar-refractivity contribution is 6.05. The summed E-state index contributed by atoms with van der Waals surface area (Å²) >= 11 is 0. The highest BCUT2D eigenvalue weighted by atomic mass is 16.5. The van der Waals surface area contributed by atoms with Crippen LogP contribution >= 0.6 is 0 Å². The lowest BCUT2D eigenvalue weighted by Gasteiger charge is -2.26. The van der Waals surface area contributed by atoms with Crippen LogP contribution in [0.1, 0.15) is 11.3 Å². The molecule has 0 aliphatic carbocycles. The fraction of sp³-hybridized carbons (Fsp3) is 0.471. The van der Waals surface area contributed by atoms with Crippen molar-refractivity contribution in [3.05, 3.63) is 23.7 Å². The highest BCUT2D eigenvalue weighted by Gasteiger charge is 2.16. The summed E-state index contributed by atoms with van der Waals surface area (Å²) in [5.41, 5.74) is 4.18. The van der Waals surface area contributed by atoms with Crippen molar-refractivity contribution in [2.45, 2.75) is 13.8 Å². The molecule has 3 aromatic rings. The van der Waals surface area contributed by atoms with E-state index >= 15 is 0 Å². The second-order valence-corrected chi connectivity index (χ2v) is 6.14. The minimum absolute atomic E-state index is 0.624. The molecule has 0 spiro atoms. The van der Waals surface area contributed by atoms with Crippen LogP contribution in [0.2, 0.25) is 0 Å². The molecule has 0 atom stereocenters. The number of hydrogen-bond acceptors (Lipinski definition) is 7. The largest absolute Gasteiger partial charge is 0.432 e. The van der Waals surface area contributed by atoms with Crippen molar-refractivity contribution in [2.24, 2.45) is 0 Å². The van der Waals surface area contributed by atoms with Crippen LogP contribution < -0.4 is 5.32 Å². The standard InChI is InChI=1S/C17H21N5O2/c1-11-9-12(2)21-17-13(11)14-15(24-17)16(20-10-19-14)18-3-4-22-5-7-23-8-6-22/h9-10H,3-8H2,1-2H3,(H,18,19,20). The predicted octanol–water partition coefficient (Wildman–Crippen LogP) is 2.13. The van der Waals surface area contributed by atoms with Crippen LogP contribution in [0.15, 0.2) is 16.8 Å². The molecule has 0 amide bonds. The van der Waals surface area contributed by atoms with E-state index in [1.54, 1.807) is 6.33 Å². The van der Waals surface area contributed by atoms with E-state index < -0.39 is 0 Å². The number of fused-ring (bicyclic) bond motifs is 3. The van der Waals surface area contributed by atoms with Gasteiger partial charge in [-0.3, -0.25) is 4.90 Å². The molecule has 1 fully saturated rings. The van der Waals surface area contributed by atoms with Gasteiger partial charge in [-0.2, -0.15) is 0 Å². The van der Waals surface area contributed by atoms with Gasteiger partial charge in [0.25, 0.3) is 0 Å². The molecule has 0 saturated carbocycles. The zero-order valence-electron chi connectivity index (χ0n) is 14.0. The Hall–Kier alpha value is -2.25. The summed E-state index contributed by atoms with van der Waals surface area (Å²) in [6, 6.07) is 2.05. The van der Waals surface area contributed by atoms with Crippen molar-refractivity contribution in [2.75, 3.05) is 44.7 Å². The average Bonchev–Trinajstić information content (AvgIpc) is 2.95. The van der Waals surface area contributed by atoms with Gasteiger partial charge in [-0.05, 0) is 25.5 Å². The van der Waals surface area contributed by atoms with E-state index in [0.717, 1.165) is 67.4 Å². The summed E-state index contributed by atoms with van der Waals surface area (Å²) in [5, 5.41) is 4.34. The van der Waals surface area contributed by atoms with Crippen molar-refractivity contribution < 1.29 is 9.15 Å². The molecule has 7 nitrogen and oxygen atoms in total. The fourth-order valence-corrected chi connectivity index (χ4v) is 3.19. The third-order valence-electron chi connectivity index (χ3n) is 4.38. The van der Waals surface area contributed by atoms with E-state index in [4.69, 9.17) is 9.15 Å². The monoisotopic (exact) mass is 327 g/mol. The number of nitrogens with zero attached hydrogens (tertiary/aromatic N) is 4. The van der Waals surface area contributed by atoms with Crippen LogP contribution in [0.3, 0.4) is 0 Å². The van der Waals surface area contributed by atoms with Crippen molar-refractivity contribution in [3.63, 3.8) is 0 Å². The number of aromatic nitrogens is 3. The first-order valence-corrected chi connectivity index (χ1v) is 8.28. The molecule has 24 heavy (non-hydrogen) atoms. The van der Waals surface area contributed by atoms with E-state index in [2.05, 4.69) is 32.1 Å². The van der Waals surface area contributed by atoms with Gasteiger partial charge in [0, 0.05) is 31.9 Å². The number of anilines is 1. The van der Waals surface area contributed by atoms with Gasteiger partial charge in [0.1, 0.15) is 11.8 Å². The topological polar surface area (TPSA) is 76.3 Å². The maximum Gasteiger partial charge on any atom is 0.229 e. The first kappa shape index (κ1) is 15.3. The smallest absolute Gasteiger partial charge is 0.229 e. The Balaban J connectivity index is 1.60. The molecule has 1 aliphatic heterocycles. The molecular formula is C17H21N5O2. The molecule has 1 aliphatic rings. The van der Waals surface area contributed by atoms with Gasteiger partial charge in [-0.25, -0.2) is 15.0 Å². The van der Waals surface area contributed by atoms with Gasteiger partial charge < -0.3 is 14.5 Å². The Labute approximate surface area is 140 Å². The third-order valence-corrected chi connectivity index (χ3v) is 4.38. The highest BCUT2D eigenvalue weighted by Crippen LogP contribution is 2.31. The lowest BCUT2D eigenvalue weighted by Crippen LogP contribution is -2.39. The lowest BCUT2D eigenvalue weighted by atomic mass is 10.1. The quantitative estimate of drug-likeness (QED) is 0.786. The summed E-state index contributed by atoms with van der Waals surface area (Å²) in [5.74, 6) is 0.725. The SMILES string of the molecule is Cc1cc(C)c2c(n1)oc1c(NCCN3CCOCC3)ncnc12. The number of ether oxygens (including phenoxy) is 1. The third kappa shape index (κ3) is 2.81. The molecule has 126 valence electrons. The van der Waals surface area contributed by atoms with Gasteiger partial charge >= 0.3 is 0 Å². The second-order valence-electron chi connectivity index (χ2n) is 6.14. The van der Waals surface area contributed by atoms with Gasteiger partial charge in [-0.1, -0.05) is 0 Å². The molecule has 4 rings (SSSR count). The van der Waals surface area contributed by atoms with E-state index in [1.165, 1.54) is 0 Å². The molecule has 0 bridgehead atoms. The van der Waals surface area contributed by atoms with Gasteiger partial charge in [0.2, 0.25) is 5.71 Å². The summed E-state index contributed by atoms with van der Waals surface area (Å²) in [7, 11) is 0. The van der Waals surface area contributed by atoms with Gasteiger partial charge in [0.05, 0.1) is 18.6 Å². The maximum absolute atomic E-state index is 5.96. The Morgan fingerprint density at radius 3 is 2.88 bits per heavy atom. The van der Waals surface area contributed by atoms with Crippen molar-refractivity contribution in [1.82, 2.24) is 19.9 Å². The number of aryl methyl sites for hydroxylation is 2. The normalized spacial score (nSPS) is 16.1. The second kappa shape index (κ2) is 6.33. The Kier molecular flexibility index (Phi) is 4.03. The van der Waals surface area contributed by atoms with Crippen molar-refractivity contribution in [3.8, 4) is 0 Å². The molecular weight excluding hydrogens is 306 g/mol. The van der Waals surface area contributed by atoms with E-state index in [9.17, 15) is 0 Å². The molecule has 4 heterocycles. The van der Waals surface area contributed by atoms with Gasteiger partial charge in [0.15, 0.2) is 11.4 Å². The first-order valence-electron chi connectivity index (χ1n) is 8.28. The van der Waals surface area contributed by atoms with E-state index in [1.807, 2.05) is 13.0 Å². The number of morpholine rings is 1. The zero-order chi connectivity index (χ0) is 16.5. The van der Waals surface area contributed by atoms with Gasteiger partial charge in [-0.15, -0.1) is 0 Å². The molecule has 0 radical (unpaired) electrons. The summed E-state index contributed by atoms with van der Waals surface area (Å²) < 4.78 is 11.3. The lowest BCUT2D eigenvalue weighted by molar-refractivity contribution is 0.0398. The number of nitrogens with one attached hydrogen (secondary N) is 1. The molecule has 1 N–H and O–H groups in total. The van der Waals surface area contributed by atoms with Crippen LogP contribution in [0.5, 0.6) is 0 Å². The Morgan fingerprint density at radius 2 is 2.04 bits per heavy atom. The van der Waals surface area contributed by atoms with E-state index in [-0.39, 0.29) is 0 Å². The minimum atomic E-state index is 0.624. The molecule has 1 saturated heterocycles. The summed E-state index contributed by atoms with van der Waals surface area (Å²) in [6.07, 6.45) is 1.58. The van der Waals surface area contributed by atoms with Crippen LogP contribution in [0.4, 0.5) is 5.82 Å². The number of hydrogen-bond donors (Lipinski definition) is 1. The van der Waals surface area contributed by atoms with Crippen LogP contribution in [-0.4, -0.2) is 59.2 Å².